The highest BCUT2D eigenvalue weighted by Crippen LogP contribution is 2.17. The van der Waals surface area contributed by atoms with Crippen molar-refractivity contribution in [2.24, 2.45) is 0 Å². The van der Waals surface area contributed by atoms with E-state index in [1.54, 1.807) is 19.1 Å². The van der Waals surface area contributed by atoms with Crippen molar-refractivity contribution in [2.45, 2.75) is 6.92 Å². The van der Waals surface area contributed by atoms with E-state index < -0.39 is 29.3 Å². The molecule has 0 saturated heterocycles. The van der Waals surface area contributed by atoms with Crippen molar-refractivity contribution in [3.8, 4) is 0 Å². The summed E-state index contributed by atoms with van der Waals surface area (Å²) in [6, 6.07) is 5.33. The second kappa shape index (κ2) is 7.01. The Morgan fingerprint density at radius 1 is 1.35 bits per heavy atom. The Morgan fingerprint density at radius 2 is 2.04 bits per heavy atom. The summed E-state index contributed by atoms with van der Waals surface area (Å²) in [6.45, 7) is 1.91. The highest BCUT2D eigenvalue weighted by atomic mass is 35.5. The Morgan fingerprint density at radius 3 is 2.70 bits per heavy atom. The smallest absolute Gasteiger partial charge is 0.338 e. The molecule has 1 aromatic carbocycles. The molecule has 0 aliphatic rings. The number of carbonyl (C=O) groups is 2. The molecule has 2 amide bonds. The molecule has 0 bridgehead atoms. The van der Waals surface area contributed by atoms with Crippen LogP contribution in [0.15, 0.2) is 35.3 Å². The van der Waals surface area contributed by atoms with Crippen molar-refractivity contribution in [2.75, 3.05) is 11.9 Å². The first-order valence-electron chi connectivity index (χ1n) is 6.57. The lowest BCUT2D eigenvalue weighted by Gasteiger charge is -2.09. The van der Waals surface area contributed by atoms with E-state index in [2.05, 4.69) is 15.6 Å². The van der Waals surface area contributed by atoms with E-state index in [1.165, 1.54) is 12.1 Å². The number of aromatic nitrogens is 2. The van der Waals surface area contributed by atoms with Crippen LogP contribution in [0.25, 0.3) is 0 Å². The molecule has 120 valence electrons. The number of hydrogen-bond acceptors (Lipinski definition) is 4. The maximum atomic E-state index is 14.0. The maximum Gasteiger partial charge on any atom is 0.358 e. The lowest BCUT2D eigenvalue weighted by molar-refractivity contribution is 0.102. The SMILES string of the molecule is CCNC(=O)n1cc(F)c(NC(=O)c2ccccc2Cl)nc1=O. The van der Waals surface area contributed by atoms with Gasteiger partial charge in [0.2, 0.25) is 0 Å². The fraction of sp³-hybridized carbons (Fsp3) is 0.143. The van der Waals surface area contributed by atoms with Gasteiger partial charge in [-0.25, -0.2) is 18.5 Å². The molecule has 0 aliphatic heterocycles. The third kappa shape index (κ3) is 3.72. The van der Waals surface area contributed by atoms with Crippen LogP contribution in [0.2, 0.25) is 5.02 Å². The molecule has 0 fully saturated rings. The second-order valence-electron chi connectivity index (χ2n) is 4.36. The van der Waals surface area contributed by atoms with Gasteiger partial charge in [-0.2, -0.15) is 4.98 Å². The Hall–Kier alpha value is -2.74. The topological polar surface area (TPSA) is 93.1 Å². The van der Waals surface area contributed by atoms with Crippen LogP contribution >= 0.6 is 11.6 Å². The summed E-state index contributed by atoms with van der Waals surface area (Å²) in [5.41, 5.74) is -0.921. The van der Waals surface area contributed by atoms with Crippen LogP contribution in [-0.4, -0.2) is 28.0 Å². The normalized spacial score (nSPS) is 10.2. The molecule has 0 radical (unpaired) electrons. The van der Waals surface area contributed by atoms with E-state index in [-0.39, 0.29) is 17.1 Å². The van der Waals surface area contributed by atoms with E-state index in [0.717, 1.165) is 0 Å². The fourth-order valence-corrected chi connectivity index (χ4v) is 1.94. The highest BCUT2D eigenvalue weighted by Gasteiger charge is 2.17. The van der Waals surface area contributed by atoms with Gasteiger partial charge in [0.25, 0.3) is 5.91 Å². The molecule has 7 nitrogen and oxygen atoms in total. The number of hydrogen-bond donors (Lipinski definition) is 2. The molecule has 23 heavy (non-hydrogen) atoms. The Labute approximate surface area is 135 Å². The average molecular weight is 339 g/mol. The van der Waals surface area contributed by atoms with Gasteiger partial charge in [0.1, 0.15) is 0 Å². The van der Waals surface area contributed by atoms with Gasteiger partial charge in [0, 0.05) is 6.54 Å². The van der Waals surface area contributed by atoms with Gasteiger partial charge in [-0.15, -0.1) is 0 Å². The minimum absolute atomic E-state index is 0.100. The molecule has 2 aromatic rings. The van der Waals surface area contributed by atoms with Gasteiger partial charge in [-0.3, -0.25) is 4.79 Å². The molecule has 1 heterocycles. The summed E-state index contributed by atoms with van der Waals surface area (Å²) in [6.07, 6.45) is 0.655. The molecule has 0 saturated carbocycles. The molecule has 0 spiro atoms. The van der Waals surface area contributed by atoms with Crippen molar-refractivity contribution < 1.29 is 14.0 Å². The van der Waals surface area contributed by atoms with Gasteiger partial charge in [0.05, 0.1) is 16.8 Å². The number of nitrogens with zero attached hydrogens (tertiary/aromatic N) is 2. The summed E-state index contributed by atoms with van der Waals surface area (Å²) in [7, 11) is 0. The highest BCUT2D eigenvalue weighted by molar-refractivity contribution is 6.34. The number of benzene rings is 1. The minimum Gasteiger partial charge on any atom is -0.338 e. The Balaban J connectivity index is 2.30. The van der Waals surface area contributed by atoms with E-state index in [4.69, 9.17) is 11.6 Å². The van der Waals surface area contributed by atoms with Gasteiger partial charge < -0.3 is 10.6 Å². The van der Waals surface area contributed by atoms with Crippen molar-refractivity contribution in [1.29, 1.82) is 0 Å². The van der Waals surface area contributed by atoms with E-state index in [1.807, 2.05) is 0 Å². The Kier molecular flexibility index (Phi) is 5.07. The monoisotopic (exact) mass is 338 g/mol. The number of anilines is 1. The lowest BCUT2D eigenvalue weighted by Crippen LogP contribution is -2.38. The molecule has 0 aliphatic carbocycles. The van der Waals surface area contributed by atoms with Gasteiger partial charge in [-0.05, 0) is 19.1 Å². The summed E-state index contributed by atoms with van der Waals surface area (Å²) in [5, 5.41) is 4.66. The third-order valence-electron chi connectivity index (χ3n) is 2.78. The first-order chi connectivity index (χ1) is 10.9. The zero-order valence-electron chi connectivity index (χ0n) is 12.0. The fourth-order valence-electron chi connectivity index (χ4n) is 1.72. The van der Waals surface area contributed by atoms with E-state index in [9.17, 15) is 18.8 Å². The van der Waals surface area contributed by atoms with Crippen LogP contribution in [0.3, 0.4) is 0 Å². The van der Waals surface area contributed by atoms with E-state index >= 15 is 0 Å². The minimum atomic E-state index is -1.03. The zero-order valence-corrected chi connectivity index (χ0v) is 12.7. The van der Waals surface area contributed by atoms with Crippen LogP contribution in [0, 0.1) is 5.82 Å². The quantitative estimate of drug-likeness (QED) is 0.893. The number of rotatable bonds is 3. The first-order valence-corrected chi connectivity index (χ1v) is 6.95. The van der Waals surface area contributed by atoms with Crippen LogP contribution < -0.4 is 16.3 Å². The van der Waals surface area contributed by atoms with Gasteiger partial charge >= 0.3 is 11.7 Å². The molecular formula is C14H12ClFN4O3. The summed E-state index contributed by atoms with van der Waals surface area (Å²) >= 11 is 5.86. The Bertz CT molecular complexity index is 822. The molecule has 0 unspecified atom stereocenters. The van der Waals surface area contributed by atoms with Crippen molar-refractivity contribution in [3.05, 3.63) is 57.3 Å². The third-order valence-corrected chi connectivity index (χ3v) is 3.11. The second-order valence-corrected chi connectivity index (χ2v) is 4.77. The predicted molar refractivity (Wildman–Crippen MR) is 82.3 cm³/mol. The van der Waals surface area contributed by atoms with Crippen LogP contribution in [-0.2, 0) is 0 Å². The molecule has 9 heteroatoms. The maximum absolute atomic E-state index is 14.0. The number of nitrogens with one attached hydrogen (secondary N) is 2. The van der Waals surface area contributed by atoms with Crippen molar-refractivity contribution in [1.82, 2.24) is 14.9 Å². The van der Waals surface area contributed by atoms with Gasteiger partial charge in [0.15, 0.2) is 11.6 Å². The van der Waals surface area contributed by atoms with Crippen LogP contribution in [0.1, 0.15) is 17.3 Å². The molecule has 1 aromatic heterocycles. The number of amides is 2. The standard InChI is InChI=1S/C14H12ClFN4O3/c1-2-17-13(22)20-7-10(16)11(19-14(20)23)18-12(21)8-5-3-4-6-9(8)15/h3-7H,2H2,1H3,(H,17,22)(H,18,19,21,23). The number of carbonyl (C=O) groups excluding carboxylic acids is 2. The molecule has 2 N–H and O–H groups in total. The zero-order chi connectivity index (χ0) is 17.0. The average Bonchev–Trinajstić information content (AvgIpc) is 2.51. The molecule has 0 atom stereocenters. The van der Waals surface area contributed by atoms with E-state index in [0.29, 0.717) is 10.8 Å². The molecule has 2 rings (SSSR count). The molecular weight excluding hydrogens is 327 g/mol. The number of halogens is 2. The first kappa shape index (κ1) is 16.6. The largest absolute Gasteiger partial charge is 0.358 e. The van der Waals surface area contributed by atoms with Gasteiger partial charge in [-0.1, -0.05) is 23.7 Å². The van der Waals surface area contributed by atoms with Crippen LogP contribution in [0.4, 0.5) is 15.0 Å². The summed E-state index contributed by atoms with van der Waals surface area (Å²) in [5.74, 6) is -2.34. The van der Waals surface area contributed by atoms with Crippen molar-refractivity contribution >= 4 is 29.4 Å². The summed E-state index contributed by atoms with van der Waals surface area (Å²) < 4.78 is 14.4. The predicted octanol–water partition coefficient (Wildman–Crippen LogP) is 1.87. The lowest BCUT2D eigenvalue weighted by atomic mass is 10.2. The summed E-state index contributed by atoms with van der Waals surface area (Å²) in [4.78, 5) is 38.7. The van der Waals surface area contributed by atoms with Crippen LogP contribution in [0.5, 0.6) is 0 Å². The van der Waals surface area contributed by atoms with Crippen molar-refractivity contribution in [3.63, 3.8) is 0 Å².